The van der Waals surface area contributed by atoms with Crippen LogP contribution in [0.2, 0.25) is 0 Å². The number of allylic oxidation sites excluding steroid dienone is 1. The number of thioether (sulfide) groups is 1. The van der Waals surface area contributed by atoms with Crippen LogP contribution in [0.3, 0.4) is 0 Å². The van der Waals surface area contributed by atoms with Gasteiger partial charge in [-0.05, 0) is 24.8 Å². The minimum Gasteiger partial charge on any atom is -0.480 e. The molecule has 0 aromatic carbocycles. The van der Waals surface area contributed by atoms with Gasteiger partial charge in [-0.15, -0.1) is 23.1 Å². The molecule has 1 unspecified atom stereocenters. The van der Waals surface area contributed by atoms with Gasteiger partial charge in [0.25, 0.3) is 0 Å². The van der Waals surface area contributed by atoms with E-state index in [0.717, 1.165) is 21.9 Å². The first kappa shape index (κ1) is 14.1. The quantitative estimate of drug-likeness (QED) is 0.928. The van der Waals surface area contributed by atoms with E-state index in [1.807, 2.05) is 24.4 Å². The van der Waals surface area contributed by atoms with Crippen LogP contribution in [0.15, 0.2) is 22.4 Å². The number of hydrogen-bond donors (Lipinski definition) is 1. The van der Waals surface area contributed by atoms with Crippen molar-refractivity contribution in [3.05, 3.63) is 27.3 Å². The minimum atomic E-state index is -0.982. The van der Waals surface area contributed by atoms with Crippen molar-refractivity contribution in [3.63, 3.8) is 0 Å². The monoisotopic (exact) mass is 297 g/mol. The third kappa shape index (κ3) is 2.69. The van der Waals surface area contributed by atoms with Crippen LogP contribution in [0.4, 0.5) is 0 Å². The van der Waals surface area contributed by atoms with Gasteiger partial charge in [0.15, 0.2) is 0 Å². The van der Waals surface area contributed by atoms with E-state index in [1.165, 1.54) is 28.0 Å². The molecule has 2 heterocycles. The summed E-state index contributed by atoms with van der Waals surface area (Å²) in [5.41, 5.74) is 0.772. The third-order valence-electron chi connectivity index (χ3n) is 2.96. The normalized spacial score (nSPS) is 17.8. The standard InChI is InChI=1S/C13H15NO3S2/c1-3-9-12(10-5-4-6-18-10)14(8(2)13(16)17)11(15)7-19-9/h4-6,8H,3,7H2,1-2H3,(H,16,17). The van der Waals surface area contributed by atoms with Gasteiger partial charge in [-0.3, -0.25) is 9.69 Å². The number of carbonyl (C=O) groups excluding carboxylic acids is 1. The van der Waals surface area contributed by atoms with Crippen molar-refractivity contribution < 1.29 is 14.7 Å². The van der Waals surface area contributed by atoms with Gasteiger partial charge < -0.3 is 5.11 Å². The summed E-state index contributed by atoms with van der Waals surface area (Å²) in [6.45, 7) is 3.58. The molecule has 102 valence electrons. The lowest BCUT2D eigenvalue weighted by Crippen LogP contribution is -2.44. The lowest BCUT2D eigenvalue weighted by molar-refractivity contribution is -0.145. The smallest absolute Gasteiger partial charge is 0.326 e. The maximum absolute atomic E-state index is 12.1. The maximum Gasteiger partial charge on any atom is 0.326 e. The second kappa shape index (κ2) is 5.79. The number of carboxylic acid groups (broad SMARTS) is 1. The molecule has 0 aliphatic carbocycles. The number of hydrogen-bond acceptors (Lipinski definition) is 4. The van der Waals surface area contributed by atoms with E-state index in [9.17, 15) is 14.7 Å². The molecule has 0 saturated heterocycles. The highest BCUT2D eigenvalue weighted by atomic mass is 32.2. The number of aliphatic carboxylic acids is 1. The van der Waals surface area contributed by atoms with Crippen molar-refractivity contribution in [3.8, 4) is 0 Å². The molecule has 1 aliphatic heterocycles. The van der Waals surface area contributed by atoms with Crippen LogP contribution in [-0.4, -0.2) is 33.7 Å². The summed E-state index contributed by atoms with van der Waals surface area (Å²) < 4.78 is 0. The Kier molecular flexibility index (Phi) is 4.31. The van der Waals surface area contributed by atoms with Crippen LogP contribution in [0.5, 0.6) is 0 Å². The molecule has 4 nitrogen and oxygen atoms in total. The predicted octanol–water partition coefficient (Wildman–Crippen LogP) is 2.88. The number of carbonyl (C=O) groups is 2. The molecule has 2 rings (SSSR count). The van der Waals surface area contributed by atoms with Gasteiger partial charge in [0.2, 0.25) is 5.91 Å². The average molecular weight is 297 g/mol. The van der Waals surface area contributed by atoms with E-state index in [2.05, 4.69) is 0 Å². The fraction of sp³-hybridized carbons (Fsp3) is 0.385. The Balaban J connectivity index is 2.53. The fourth-order valence-corrected chi connectivity index (χ4v) is 3.85. The number of amides is 1. The van der Waals surface area contributed by atoms with Crippen LogP contribution < -0.4 is 0 Å². The summed E-state index contributed by atoms with van der Waals surface area (Å²) in [7, 11) is 0. The molecule has 1 aliphatic rings. The van der Waals surface area contributed by atoms with Crippen molar-refractivity contribution in [1.29, 1.82) is 0 Å². The molecule has 19 heavy (non-hydrogen) atoms. The molecular formula is C13H15NO3S2. The molecule has 1 amide bonds. The fourth-order valence-electron chi connectivity index (χ4n) is 2.00. The topological polar surface area (TPSA) is 57.6 Å². The van der Waals surface area contributed by atoms with Crippen LogP contribution in [0, 0.1) is 0 Å². The van der Waals surface area contributed by atoms with E-state index in [0.29, 0.717) is 5.75 Å². The summed E-state index contributed by atoms with van der Waals surface area (Å²) in [4.78, 5) is 26.8. The number of nitrogens with zero attached hydrogens (tertiary/aromatic N) is 1. The van der Waals surface area contributed by atoms with Crippen molar-refractivity contribution >= 4 is 40.7 Å². The number of rotatable bonds is 4. The van der Waals surface area contributed by atoms with Crippen LogP contribution in [0.25, 0.3) is 5.70 Å². The zero-order valence-electron chi connectivity index (χ0n) is 10.8. The van der Waals surface area contributed by atoms with Gasteiger partial charge >= 0.3 is 5.97 Å². The molecule has 0 saturated carbocycles. The molecule has 0 radical (unpaired) electrons. The molecule has 6 heteroatoms. The molecule has 0 fully saturated rings. The van der Waals surface area contributed by atoms with E-state index in [1.54, 1.807) is 6.92 Å². The van der Waals surface area contributed by atoms with Crippen LogP contribution in [0.1, 0.15) is 25.1 Å². The summed E-state index contributed by atoms with van der Waals surface area (Å²) in [5, 5.41) is 11.1. The van der Waals surface area contributed by atoms with Crippen molar-refractivity contribution in [1.82, 2.24) is 4.90 Å². The first-order valence-electron chi connectivity index (χ1n) is 6.01. The lowest BCUT2D eigenvalue weighted by Gasteiger charge is -2.33. The highest BCUT2D eigenvalue weighted by Gasteiger charge is 2.34. The molecular weight excluding hydrogens is 282 g/mol. The van der Waals surface area contributed by atoms with Crippen molar-refractivity contribution in [2.45, 2.75) is 26.3 Å². The summed E-state index contributed by atoms with van der Waals surface area (Å²) in [5.74, 6) is -0.805. The molecule has 1 aromatic rings. The Morgan fingerprint density at radius 3 is 2.84 bits per heavy atom. The maximum atomic E-state index is 12.1. The van der Waals surface area contributed by atoms with Gasteiger partial charge in [0, 0.05) is 4.91 Å². The molecule has 0 spiro atoms. The highest BCUT2D eigenvalue weighted by Crippen LogP contribution is 2.39. The van der Waals surface area contributed by atoms with E-state index in [4.69, 9.17) is 0 Å². The Morgan fingerprint density at radius 2 is 2.32 bits per heavy atom. The van der Waals surface area contributed by atoms with E-state index in [-0.39, 0.29) is 5.91 Å². The van der Waals surface area contributed by atoms with Gasteiger partial charge in [0.1, 0.15) is 6.04 Å². The average Bonchev–Trinajstić information content (AvgIpc) is 2.91. The Hall–Kier alpha value is -1.27. The first-order valence-corrected chi connectivity index (χ1v) is 7.87. The largest absolute Gasteiger partial charge is 0.480 e. The second-order valence-electron chi connectivity index (χ2n) is 4.17. The number of thiophene rings is 1. The van der Waals surface area contributed by atoms with Gasteiger partial charge in [-0.1, -0.05) is 13.0 Å². The van der Waals surface area contributed by atoms with Gasteiger partial charge in [-0.2, -0.15) is 0 Å². The Bertz CT molecular complexity index is 522. The Morgan fingerprint density at radius 1 is 1.58 bits per heavy atom. The summed E-state index contributed by atoms with van der Waals surface area (Å²) in [6, 6.07) is 3.00. The third-order valence-corrected chi connectivity index (χ3v) is 5.06. The van der Waals surface area contributed by atoms with Crippen molar-refractivity contribution in [2.24, 2.45) is 0 Å². The van der Waals surface area contributed by atoms with E-state index >= 15 is 0 Å². The Labute approximate surface area is 120 Å². The zero-order valence-corrected chi connectivity index (χ0v) is 12.4. The molecule has 1 atom stereocenters. The van der Waals surface area contributed by atoms with Gasteiger partial charge in [0.05, 0.1) is 16.3 Å². The van der Waals surface area contributed by atoms with Crippen LogP contribution >= 0.6 is 23.1 Å². The molecule has 1 N–H and O–H groups in total. The predicted molar refractivity (Wildman–Crippen MR) is 77.9 cm³/mol. The summed E-state index contributed by atoms with van der Waals surface area (Å²) >= 11 is 3.04. The SMILES string of the molecule is CCC1=C(c2cccs2)N(C(C)C(=O)O)C(=O)CS1. The molecule has 1 aromatic heterocycles. The number of carboxylic acids is 1. The zero-order chi connectivity index (χ0) is 14.0. The van der Waals surface area contributed by atoms with Crippen LogP contribution in [-0.2, 0) is 9.59 Å². The summed E-state index contributed by atoms with van der Waals surface area (Å²) in [6.07, 6.45) is 0.800. The minimum absolute atomic E-state index is 0.138. The van der Waals surface area contributed by atoms with Crippen molar-refractivity contribution in [2.75, 3.05) is 5.75 Å². The molecule has 0 bridgehead atoms. The van der Waals surface area contributed by atoms with E-state index < -0.39 is 12.0 Å². The highest BCUT2D eigenvalue weighted by molar-refractivity contribution is 8.04. The van der Waals surface area contributed by atoms with Gasteiger partial charge in [-0.25, -0.2) is 4.79 Å². The second-order valence-corrected chi connectivity index (χ2v) is 6.19. The first-order chi connectivity index (χ1) is 9.06. The lowest BCUT2D eigenvalue weighted by atomic mass is 10.2.